The van der Waals surface area contributed by atoms with Gasteiger partial charge in [-0.3, -0.25) is 0 Å². The third kappa shape index (κ3) is 8.16. The average Bonchev–Trinajstić information content (AvgIpc) is 1.98. The van der Waals surface area contributed by atoms with E-state index in [1.54, 1.807) is 0 Å². The summed E-state index contributed by atoms with van der Waals surface area (Å²) >= 11 is 0. The number of fused-ring (bicyclic) bond motifs is 12. The van der Waals surface area contributed by atoms with E-state index in [9.17, 15) is 0 Å². The average molecular weight is 1070 g/mol. The zero-order chi connectivity index (χ0) is 55.2. The molecule has 0 amide bonds. The van der Waals surface area contributed by atoms with Crippen LogP contribution in [-0.4, -0.2) is 12.1 Å². The lowest BCUT2D eigenvalue weighted by Crippen LogP contribution is -2.37. The van der Waals surface area contributed by atoms with Crippen molar-refractivity contribution in [3.63, 3.8) is 0 Å². The molecule has 14 aromatic rings. The molecule has 3 aliphatic rings. The summed E-state index contributed by atoms with van der Waals surface area (Å²) < 4.78 is 0. The predicted octanol–water partition coefficient (Wildman–Crippen LogP) is 19.7. The zero-order valence-electron chi connectivity index (χ0n) is 46.6. The van der Waals surface area contributed by atoms with Crippen molar-refractivity contribution in [2.75, 3.05) is 9.80 Å². The lowest BCUT2D eigenvalue weighted by molar-refractivity contribution is 0.767. The molecule has 396 valence electrons. The Morgan fingerprint density at radius 1 is 0.310 bits per heavy atom. The quantitative estimate of drug-likeness (QED) is 0.111. The second-order valence-corrected chi connectivity index (χ2v) is 23.4. The first-order valence-electron chi connectivity index (χ1n) is 29.9. The van der Waals surface area contributed by atoms with Gasteiger partial charge in [0.25, 0.3) is 0 Å². The van der Waals surface area contributed by atoms with Crippen molar-refractivity contribution in [3.8, 4) is 33.4 Å². The van der Waals surface area contributed by atoms with Crippen LogP contribution in [0.3, 0.4) is 0 Å². The Balaban J connectivity index is 0.960. The minimum absolute atomic E-state index is 0.0730. The van der Waals surface area contributed by atoms with Crippen LogP contribution >= 0.6 is 0 Å². The molecule has 84 heavy (non-hydrogen) atoms. The third-order valence-electron chi connectivity index (χ3n) is 18.7. The van der Waals surface area contributed by atoms with E-state index in [-0.39, 0.29) is 12.1 Å². The van der Waals surface area contributed by atoms with Crippen molar-refractivity contribution in [2.24, 2.45) is 0 Å². The number of benzene rings is 14. The van der Waals surface area contributed by atoms with Crippen LogP contribution in [-0.2, 0) is 19.3 Å². The lowest BCUT2D eigenvalue weighted by atomic mass is 9.81. The predicted molar refractivity (Wildman–Crippen MR) is 358 cm³/mol. The Kier molecular flexibility index (Phi) is 11.4. The Morgan fingerprint density at radius 3 is 1.57 bits per heavy atom. The van der Waals surface area contributed by atoms with Gasteiger partial charge in [-0.1, -0.05) is 237 Å². The maximum absolute atomic E-state index is 2.61. The van der Waals surface area contributed by atoms with Gasteiger partial charge in [0.05, 0.1) is 12.1 Å². The van der Waals surface area contributed by atoms with Gasteiger partial charge in [-0.2, -0.15) is 0 Å². The fourth-order valence-electron chi connectivity index (χ4n) is 14.6. The van der Waals surface area contributed by atoms with Crippen LogP contribution in [0.4, 0.5) is 22.7 Å². The van der Waals surface area contributed by atoms with E-state index in [2.05, 4.69) is 301 Å². The van der Waals surface area contributed by atoms with Gasteiger partial charge in [0, 0.05) is 22.7 Å². The van der Waals surface area contributed by atoms with Crippen LogP contribution in [0.5, 0.6) is 0 Å². The summed E-state index contributed by atoms with van der Waals surface area (Å²) in [4.78, 5) is 5.21. The molecule has 3 aliphatic carbocycles. The SMILES string of the molecule is C1=CC(N(c2ccc3ccccc3c2)c2ccc3c(-c4ccc5c(ccc6ccccc65)c4)c4cc(N(c5ccc6ccccc6c5)C5C=c6ccccc6=CC5)ccc4c(-c4ccc5c(c4)CCc4ccccc4-5)c3c2)Cc2ccccc21. The van der Waals surface area contributed by atoms with E-state index in [1.165, 1.54) is 148 Å². The number of hydrogen-bond donors (Lipinski definition) is 0. The maximum atomic E-state index is 2.61. The van der Waals surface area contributed by atoms with Crippen molar-refractivity contribution >= 4 is 106 Å². The molecular formula is C82H58N2. The molecule has 2 atom stereocenters. The van der Waals surface area contributed by atoms with Crippen LogP contribution in [0.25, 0.3) is 116 Å². The van der Waals surface area contributed by atoms with Gasteiger partial charge in [-0.25, -0.2) is 0 Å². The van der Waals surface area contributed by atoms with Crippen LogP contribution in [0.15, 0.2) is 273 Å². The molecule has 0 N–H and O–H groups in total. The molecule has 0 saturated carbocycles. The smallest absolute Gasteiger partial charge is 0.0566 e. The third-order valence-corrected chi connectivity index (χ3v) is 18.7. The highest BCUT2D eigenvalue weighted by molar-refractivity contribution is 6.23. The number of aryl methyl sites for hydroxylation is 2. The normalized spacial score (nSPS) is 15.1. The molecule has 14 aromatic carbocycles. The van der Waals surface area contributed by atoms with Gasteiger partial charge >= 0.3 is 0 Å². The monoisotopic (exact) mass is 1070 g/mol. The van der Waals surface area contributed by atoms with Gasteiger partial charge in [0.1, 0.15) is 0 Å². The summed E-state index contributed by atoms with van der Waals surface area (Å²) in [6.45, 7) is 0. The largest absolute Gasteiger partial charge is 0.334 e. The number of hydrogen-bond acceptors (Lipinski definition) is 2. The topological polar surface area (TPSA) is 6.48 Å². The molecule has 2 heteroatoms. The highest BCUT2D eigenvalue weighted by atomic mass is 15.2. The highest BCUT2D eigenvalue weighted by Crippen LogP contribution is 2.50. The Labute approximate surface area is 489 Å². The molecule has 0 fully saturated rings. The molecule has 0 radical (unpaired) electrons. The number of rotatable bonds is 8. The molecule has 17 rings (SSSR count). The summed E-state index contributed by atoms with van der Waals surface area (Å²) in [6.07, 6.45) is 13.5. The Bertz CT molecular complexity index is 5200. The van der Waals surface area contributed by atoms with Gasteiger partial charge in [0.2, 0.25) is 0 Å². The minimum Gasteiger partial charge on any atom is -0.334 e. The molecule has 0 aromatic heterocycles. The summed E-state index contributed by atoms with van der Waals surface area (Å²) in [5.74, 6) is 0. The first-order valence-corrected chi connectivity index (χ1v) is 29.9. The first-order chi connectivity index (χ1) is 41.6. The van der Waals surface area contributed by atoms with E-state index in [0.29, 0.717) is 0 Å². The summed E-state index contributed by atoms with van der Waals surface area (Å²) in [7, 11) is 0. The summed E-state index contributed by atoms with van der Waals surface area (Å²) in [6, 6.07) is 101. The molecule has 0 spiro atoms. The van der Waals surface area contributed by atoms with Crippen molar-refractivity contribution < 1.29 is 0 Å². The van der Waals surface area contributed by atoms with Gasteiger partial charge in [0.15, 0.2) is 0 Å². The lowest BCUT2D eigenvalue weighted by Gasteiger charge is -2.35. The van der Waals surface area contributed by atoms with Crippen molar-refractivity contribution in [2.45, 2.75) is 37.8 Å². The van der Waals surface area contributed by atoms with Crippen molar-refractivity contribution in [1.82, 2.24) is 0 Å². The highest BCUT2D eigenvalue weighted by Gasteiger charge is 2.28. The molecule has 2 unspecified atom stereocenters. The standard InChI is InChI=1S/C82H58N2/c1-5-19-59-47-67(35-29-53(59)13-1)83(68-36-30-54-14-2-6-20-60(54)48-68)71-39-43-77-79(51-71)81(65-33-41-75-63(45-65)27-25-57-17-9-11-23-73(57)75)78-44-40-72(52-80(78)82(77)66-34-42-76-64(46-66)28-26-58-18-10-12-24-74(58)76)84(69-37-31-55-15-3-7-21-61(55)49-69)70-38-32-56-16-4-8-22-62(56)50-70/h1-25,27,29-35,37-49,51-52,68,70H,26,28,36,50H2. The second kappa shape index (κ2) is 19.7. The zero-order valence-corrected chi connectivity index (χ0v) is 46.6. The van der Waals surface area contributed by atoms with Crippen molar-refractivity contribution in [1.29, 1.82) is 0 Å². The van der Waals surface area contributed by atoms with Crippen LogP contribution in [0, 0.1) is 0 Å². The van der Waals surface area contributed by atoms with Crippen LogP contribution < -0.4 is 20.2 Å². The van der Waals surface area contributed by atoms with Crippen molar-refractivity contribution in [3.05, 3.63) is 306 Å². The molecule has 0 aliphatic heterocycles. The fourth-order valence-corrected chi connectivity index (χ4v) is 14.6. The summed E-state index contributed by atoms with van der Waals surface area (Å²) in [5.41, 5.74) is 17.8. The fraction of sp³-hybridized carbons (Fsp3) is 0.0732. The molecule has 0 saturated heterocycles. The number of anilines is 4. The summed E-state index contributed by atoms with van der Waals surface area (Å²) in [5, 5.41) is 17.5. The van der Waals surface area contributed by atoms with E-state index in [1.807, 2.05) is 0 Å². The molecule has 2 nitrogen and oxygen atoms in total. The van der Waals surface area contributed by atoms with Crippen LogP contribution in [0.1, 0.15) is 28.7 Å². The molecule has 0 heterocycles. The van der Waals surface area contributed by atoms with Gasteiger partial charge in [-0.15, -0.1) is 0 Å². The first kappa shape index (κ1) is 48.4. The van der Waals surface area contributed by atoms with E-state index in [0.717, 1.165) is 31.4 Å². The minimum atomic E-state index is 0.0730. The molecule has 0 bridgehead atoms. The Morgan fingerprint density at radius 2 is 0.821 bits per heavy atom. The number of nitrogens with zero attached hydrogens (tertiary/aromatic N) is 2. The van der Waals surface area contributed by atoms with E-state index >= 15 is 0 Å². The molecular weight excluding hydrogens is 1010 g/mol. The second-order valence-electron chi connectivity index (χ2n) is 23.4. The van der Waals surface area contributed by atoms with E-state index < -0.39 is 0 Å². The maximum Gasteiger partial charge on any atom is 0.0566 e. The Hall–Kier alpha value is -10.3. The van der Waals surface area contributed by atoms with Gasteiger partial charge in [-0.05, 0) is 211 Å². The van der Waals surface area contributed by atoms with Gasteiger partial charge < -0.3 is 9.80 Å². The van der Waals surface area contributed by atoms with Crippen LogP contribution in [0.2, 0.25) is 0 Å². The van der Waals surface area contributed by atoms with E-state index in [4.69, 9.17) is 0 Å².